The van der Waals surface area contributed by atoms with Gasteiger partial charge in [0.05, 0.1) is 25.4 Å². The Balaban J connectivity index is 4.03. The van der Waals surface area contributed by atoms with Gasteiger partial charge in [0.2, 0.25) is 5.91 Å². The van der Waals surface area contributed by atoms with Gasteiger partial charge in [-0.25, -0.2) is 0 Å². The van der Waals surface area contributed by atoms with Crippen LogP contribution in [0.1, 0.15) is 41.5 Å². The van der Waals surface area contributed by atoms with E-state index in [1.165, 1.54) is 0 Å². The molecule has 0 spiro atoms. The molecule has 108 valence electrons. The van der Waals surface area contributed by atoms with Gasteiger partial charge in [0.25, 0.3) is 0 Å². The largest absolute Gasteiger partial charge is 0.377 e. The third-order valence-electron chi connectivity index (χ3n) is 2.30. The maximum absolute atomic E-state index is 11.4. The van der Waals surface area contributed by atoms with Gasteiger partial charge < -0.3 is 15.2 Å². The first-order valence-corrected chi connectivity index (χ1v) is 6.36. The summed E-state index contributed by atoms with van der Waals surface area (Å²) in [5.74, 6) is -0.409. The van der Waals surface area contributed by atoms with Gasteiger partial charge in [0.15, 0.2) is 0 Å². The molecule has 0 saturated carbocycles. The summed E-state index contributed by atoms with van der Waals surface area (Å²) >= 11 is 0. The lowest BCUT2D eigenvalue weighted by molar-refractivity contribution is -0.127. The molecule has 0 aliphatic carbocycles. The second kappa shape index (κ2) is 7.07. The number of hydrogen-bond donors (Lipinski definition) is 2. The summed E-state index contributed by atoms with van der Waals surface area (Å²) in [6.45, 7) is 12.8. The monoisotopic (exact) mass is 260 g/mol. The van der Waals surface area contributed by atoms with E-state index in [0.29, 0.717) is 13.2 Å². The molecule has 5 nitrogen and oxygen atoms in total. The normalized spacial score (nSPS) is 15.7. The van der Waals surface area contributed by atoms with Gasteiger partial charge in [-0.15, -0.1) is 0 Å². The highest BCUT2D eigenvalue weighted by Gasteiger charge is 2.31. The Morgan fingerprint density at radius 1 is 1.22 bits per heavy atom. The van der Waals surface area contributed by atoms with Crippen LogP contribution >= 0.6 is 0 Å². The van der Waals surface area contributed by atoms with E-state index in [1.807, 2.05) is 34.6 Å². The van der Waals surface area contributed by atoms with Gasteiger partial charge in [-0.1, -0.05) is 0 Å². The summed E-state index contributed by atoms with van der Waals surface area (Å²) in [6, 6.07) is 0.164. The maximum Gasteiger partial charge on any atom is 0.239 e. The van der Waals surface area contributed by atoms with Gasteiger partial charge in [-0.05, 0) is 41.5 Å². The molecule has 0 aromatic carbocycles. The van der Waals surface area contributed by atoms with Crippen LogP contribution in [0.5, 0.6) is 0 Å². The summed E-state index contributed by atoms with van der Waals surface area (Å²) < 4.78 is 11.0. The summed E-state index contributed by atoms with van der Waals surface area (Å²) in [6.07, 6.45) is 0. The van der Waals surface area contributed by atoms with Crippen molar-refractivity contribution in [2.24, 2.45) is 5.73 Å². The van der Waals surface area contributed by atoms with Gasteiger partial charge in [0, 0.05) is 6.04 Å². The molecular formula is C13H28N2O3. The zero-order valence-electron chi connectivity index (χ0n) is 12.5. The quantitative estimate of drug-likeness (QED) is 0.640. The molecule has 0 aromatic heterocycles. The molecule has 5 heteroatoms. The van der Waals surface area contributed by atoms with Crippen LogP contribution in [0.4, 0.5) is 0 Å². The van der Waals surface area contributed by atoms with E-state index < -0.39 is 11.4 Å². The third-order valence-corrected chi connectivity index (χ3v) is 2.30. The predicted molar refractivity (Wildman–Crippen MR) is 72.4 cm³/mol. The second-order valence-corrected chi connectivity index (χ2v) is 6.01. The molecule has 0 heterocycles. The highest BCUT2D eigenvalue weighted by atomic mass is 16.5. The van der Waals surface area contributed by atoms with E-state index >= 15 is 0 Å². The van der Waals surface area contributed by atoms with Crippen molar-refractivity contribution in [3.05, 3.63) is 0 Å². The van der Waals surface area contributed by atoms with Crippen molar-refractivity contribution in [2.75, 3.05) is 19.8 Å². The van der Waals surface area contributed by atoms with E-state index in [0.717, 1.165) is 0 Å². The van der Waals surface area contributed by atoms with Crippen LogP contribution in [0.25, 0.3) is 0 Å². The molecule has 0 bridgehead atoms. The van der Waals surface area contributed by atoms with Crippen LogP contribution in [-0.4, -0.2) is 42.9 Å². The van der Waals surface area contributed by atoms with E-state index in [1.54, 1.807) is 6.92 Å². The first-order valence-electron chi connectivity index (χ1n) is 6.36. The zero-order chi connectivity index (χ0) is 14.4. The SMILES string of the molecule is CC(C)NC(C)(COCCOC(C)(C)C)C(N)=O. The lowest BCUT2D eigenvalue weighted by Crippen LogP contribution is -2.58. The maximum atomic E-state index is 11.4. The van der Waals surface area contributed by atoms with Crippen molar-refractivity contribution < 1.29 is 14.3 Å². The van der Waals surface area contributed by atoms with E-state index in [9.17, 15) is 4.79 Å². The molecule has 0 saturated heterocycles. The van der Waals surface area contributed by atoms with Gasteiger partial charge in [0.1, 0.15) is 5.54 Å². The summed E-state index contributed by atoms with van der Waals surface area (Å²) in [5.41, 5.74) is 4.38. The van der Waals surface area contributed by atoms with Gasteiger partial charge in [-0.2, -0.15) is 0 Å². The molecule has 0 aromatic rings. The molecule has 18 heavy (non-hydrogen) atoms. The number of nitrogens with two attached hydrogens (primary N) is 1. The number of rotatable bonds is 8. The van der Waals surface area contributed by atoms with E-state index in [-0.39, 0.29) is 18.2 Å². The zero-order valence-corrected chi connectivity index (χ0v) is 12.5. The average Bonchev–Trinajstić information content (AvgIpc) is 2.13. The van der Waals surface area contributed by atoms with E-state index in [2.05, 4.69) is 5.32 Å². The van der Waals surface area contributed by atoms with Crippen LogP contribution in [0, 0.1) is 0 Å². The van der Waals surface area contributed by atoms with Crippen LogP contribution in [0.3, 0.4) is 0 Å². The number of ether oxygens (including phenoxy) is 2. The number of carbonyl (C=O) groups excluding carboxylic acids is 1. The minimum Gasteiger partial charge on any atom is -0.377 e. The molecule has 1 unspecified atom stereocenters. The van der Waals surface area contributed by atoms with Crippen molar-refractivity contribution in [3.63, 3.8) is 0 Å². The molecule has 0 fully saturated rings. The lowest BCUT2D eigenvalue weighted by Gasteiger charge is -2.29. The first-order chi connectivity index (χ1) is 8.07. The topological polar surface area (TPSA) is 73.6 Å². The molecule has 0 radical (unpaired) electrons. The average molecular weight is 260 g/mol. The highest BCUT2D eigenvalue weighted by Crippen LogP contribution is 2.08. The van der Waals surface area contributed by atoms with Gasteiger partial charge in [-0.3, -0.25) is 10.1 Å². The minimum atomic E-state index is -0.837. The number of hydrogen-bond acceptors (Lipinski definition) is 4. The number of carbonyl (C=O) groups is 1. The van der Waals surface area contributed by atoms with Crippen molar-refractivity contribution in [1.82, 2.24) is 5.32 Å². The fourth-order valence-corrected chi connectivity index (χ4v) is 1.50. The fraction of sp³-hybridized carbons (Fsp3) is 0.923. The smallest absolute Gasteiger partial charge is 0.239 e. The molecule has 1 amide bonds. The predicted octanol–water partition coefficient (Wildman–Crippen LogP) is 1.06. The molecule has 0 aliphatic heterocycles. The van der Waals surface area contributed by atoms with Crippen LogP contribution in [0.2, 0.25) is 0 Å². The fourth-order valence-electron chi connectivity index (χ4n) is 1.50. The van der Waals surface area contributed by atoms with Crippen molar-refractivity contribution >= 4 is 5.91 Å². The van der Waals surface area contributed by atoms with Crippen LogP contribution < -0.4 is 11.1 Å². The molecule has 1 atom stereocenters. The number of amides is 1. The van der Waals surface area contributed by atoms with Crippen molar-refractivity contribution in [1.29, 1.82) is 0 Å². The number of nitrogens with one attached hydrogen (secondary N) is 1. The molecule has 0 rings (SSSR count). The molecular weight excluding hydrogens is 232 g/mol. The Labute approximate surface area is 110 Å². The minimum absolute atomic E-state index is 0.164. The Morgan fingerprint density at radius 3 is 2.17 bits per heavy atom. The Bertz CT molecular complexity index is 261. The standard InChI is InChI=1S/C13H28N2O3/c1-10(2)15-13(6,11(14)16)9-17-7-8-18-12(3,4)5/h10,15H,7-9H2,1-6H3,(H2,14,16). The van der Waals surface area contributed by atoms with Crippen LogP contribution in [0.15, 0.2) is 0 Å². The highest BCUT2D eigenvalue weighted by molar-refractivity contribution is 5.84. The summed E-state index contributed by atoms with van der Waals surface area (Å²) in [4.78, 5) is 11.4. The summed E-state index contributed by atoms with van der Waals surface area (Å²) in [5, 5.41) is 3.12. The van der Waals surface area contributed by atoms with Crippen molar-refractivity contribution in [2.45, 2.75) is 58.7 Å². The van der Waals surface area contributed by atoms with Crippen molar-refractivity contribution in [3.8, 4) is 0 Å². The van der Waals surface area contributed by atoms with E-state index in [4.69, 9.17) is 15.2 Å². The lowest BCUT2D eigenvalue weighted by atomic mass is 10.0. The molecule has 0 aliphatic rings. The Kier molecular flexibility index (Phi) is 6.81. The van der Waals surface area contributed by atoms with Crippen LogP contribution in [-0.2, 0) is 14.3 Å². The Hall–Kier alpha value is -0.650. The molecule has 3 N–H and O–H groups in total. The number of primary amides is 1. The first kappa shape index (κ1) is 17.4. The van der Waals surface area contributed by atoms with Gasteiger partial charge >= 0.3 is 0 Å². The Morgan fingerprint density at radius 2 is 1.78 bits per heavy atom. The summed E-state index contributed by atoms with van der Waals surface area (Å²) in [7, 11) is 0. The third kappa shape index (κ3) is 7.63. The second-order valence-electron chi connectivity index (χ2n) is 6.01.